The molecule has 0 aliphatic heterocycles. The van der Waals surface area contributed by atoms with Gasteiger partial charge >= 0.3 is 5.97 Å². The average molecular weight is 358 g/mol. The van der Waals surface area contributed by atoms with Crippen molar-refractivity contribution in [3.63, 3.8) is 0 Å². The molecule has 0 amide bonds. The molecule has 0 aliphatic carbocycles. The summed E-state index contributed by atoms with van der Waals surface area (Å²) in [7, 11) is 0. The Balaban J connectivity index is 2.96. The maximum Gasteiger partial charge on any atom is 0.303 e. The Labute approximate surface area is 115 Å². The van der Waals surface area contributed by atoms with Gasteiger partial charge in [0.2, 0.25) is 0 Å². The minimum absolute atomic E-state index is 0.331. The maximum absolute atomic E-state index is 10.3. The van der Waals surface area contributed by atoms with E-state index in [1.54, 1.807) is 0 Å². The predicted molar refractivity (Wildman–Crippen MR) is 75.4 cm³/mol. The Hall–Kier alpha value is 0.430. The van der Waals surface area contributed by atoms with Gasteiger partial charge in [-0.2, -0.15) is 0 Å². The number of halogens is 2. The number of unbranched alkanes of at least 4 members (excludes halogenated alkanes) is 7. The van der Waals surface area contributed by atoms with Crippen molar-refractivity contribution in [3.8, 4) is 0 Å². The maximum atomic E-state index is 10.3. The van der Waals surface area contributed by atoms with Gasteiger partial charge < -0.3 is 5.11 Å². The van der Waals surface area contributed by atoms with Gasteiger partial charge in [0.15, 0.2) is 0 Å². The molecule has 2 nitrogen and oxygen atoms in total. The highest BCUT2D eigenvalue weighted by molar-refractivity contribution is 9.24. The van der Waals surface area contributed by atoms with Gasteiger partial charge in [-0.25, -0.2) is 0 Å². The van der Waals surface area contributed by atoms with Crippen molar-refractivity contribution < 1.29 is 9.90 Å². The molecule has 0 spiro atoms. The summed E-state index contributed by atoms with van der Waals surface area (Å²) in [6.45, 7) is 0. The fourth-order valence-electron chi connectivity index (χ4n) is 1.64. The third-order valence-electron chi connectivity index (χ3n) is 2.56. The second kappa shape index (κ2) is 11.9. The summed E-state index contributed by atoms with van der Waals surface area (Å²) in [5, 5.41) is 8.45. The number of carboxylic acid groups (broad SMARTS) is 1. The molecule has 0 heterocycles. The Morgan fingerprint density at radius 1 is 0.875 bits per heavy atom. The number of carboxylic acids is 1. The average Bonchev–Trinajstić information content (AvgIpc) is 2.20. The summed E-state index contributed by atoms with van der Waals surface area (Å²) < 4.78 is 0.469. The van der Waals surface area contributed by atoms with Crippen LogP contribution in [0.5, 0.6) is 0 Å². The standard InChI is InChI=1S/C12H22Br2O2/c13-11(14)9-7-5-3-1-2-4-6-8-10-12(15)16/h11H,1-10H2,(H,15,16). The van der Waals surface area contributed by atoms with Gasteiger partial charge in [-0.05, 0) is 12.8 Å². The van der Waals surface area contributed by atoms with Crippen LogP contribution in [0, 0.1) is 0 Å². The Morgan fingerprint density at radius 2 is 1.31 bits per heavy atom. The summed E-state index contributed by atoms with van der Waals surface area (Å²) in [5.41, 5.74) is 0. The first-order valence-electron chi connectivity index (χ1n) is 6.13. The third-order valence-corrected chi connectivity index (χ3v) is 3.48. The van der Waals surface area contributed by atoms with E-state index >= 15 is 0 Å². The molecule has 0 atom stereocenters. The molecule has 16 heavy (non-hydrogen) atoms. The SMILES string of the molecule is O=C(O)CCCCCCCCCCC(Br)Br. The lowest BCUT2D eigenvalue weighted by Gasteiger charge is -2.02. The van der Waals surface area contributed by atoms with Crippen molar-refractivity contribution in [2.45, 2.75) is 67.9 Å². The van der Waals surface area contributed by atoms with Gasteiger partial charge in [0.25, 0.3) is 0 Å². The molecule has 0 aromatic rings. The summed E-state index contributed by atoms with van der Waals surface area (Å²) in [6, 6.07) is 0. The van der Waals surface area contributed by atoms with Gasteiger partial charge in [-0.15, -0.1) is 0 Å². The van der Waals surface area contributed by atoms with Crippen molar-refractivity contribution in [1.82, 2.24) is 0 Å². The van der Waals surface area contributed by atoms with Crippen molar-refractivity contribution >= 4 is 37.8 Å². The molecule has 0 aromatic heterocycles. The lowest BCUT2D eigenvalue weighted by Crippen LogP contribution is -1.93. The van der Waals surface area contributed by atoms with Crippen LogP contribution in [-0.2, 0) is 4.79 Å². The van der Waals surface area contributed by atoms with Crippen LogP contribution in [0.4, 0.5) is 0 Å². The smallest absolute Gasteiger partial charge is 0.303 e. The van der Waals surface area contributed by atoms with Crippen LogP contribution >= 0.6 is 31.9 Å². The first kappa shape index (κ1) is 16.4. The Morgan fingerprint density at radius 3 is 1.75 bits per heavy atom. The van der Waals surface area contributed by atoms with Crippen LogP contribution in [0.3, 0.4) is 0 Å². The zero-order valence-corrected chi connectivity index (χ0v) is 12.9. The van der Waals surface area contributed by atoms with E-state index in [0.717, 1.165) is 12.8 Å². The third kappa shape index (κ3) is 14.4. The second-order valence-electron chi connectivity index (χ2n) is 4.15. The molecule has 4 heteroatoms. The molecule has 0 fully saturated rings. The normalized spacial score (nSPS) is 10.9. The van der Waals surface area contributed by atoms with E-state index in [0.29, 0.717) is 10.2 Å². The highest BCUT2D eigenvalue weighted by atomic mass is 79.9. The summed E-state index contributed by atoms with van der Waals surface area (Å²) >= 11 is 6.93. The number of alkyl halides is 2. The number of aliphatic carboxylic acids is 1. The zero-order valence-electron chi connectivity index (χ0n) is 9.76. The van der Waals surface area contributed by atoms with E-state index in [9.17, 15) is 4.79 Å². The number of carbonyl (C=O) groups is 1. The number of hydrogen-bond acceptors (Lipinski definition) is 1. The van der Waals surface area contributed by atoms with E-state index in [1.165, 1.54) is 44.9 Å². The molecule has 0 unspecified atom stereocenters. The predicted octanol–water partition coefficient (Wildman–Crippen LogP) is 5.09. The minimum atomic E-state index is -0.668. The molecule has 0 bridgehead atoms. The van der Waals surface area contributed by atoms with Crippen molar-refractivity contribution in [1.29, 1.82) is 0 Å². The Bertz CT molecular complexity index is 172. The van der Waals surface area contributed by atoms with E-state index < -0.39 is 5.97 Å². The van der Waals surface area contributed by atoms with Crippen LogP contribution in [0.2, 0.25) is 0 Å². The van der Waals surface area contributed by atoms with E-state index in [2.05, 4.69) is 31.9 Å². The summed E-state index contributed by atoms with van der Waals surface area (Å²) in [4.78, 5) is 10.3. The highest BCUT2D eigenvalue weighted by Crippen LogP contribution is 2.17. The van der Waals surface area contributed by atoms with Crippen LogP contribution < -0.4 is 0 Å². The van der Waals surface area contributed by atoms with Gasteiger partial charge in [0, 0.05) is 6.42 Å². The number of rotatable bonds is 11. The van der Waals surface area contributed by atoms with Crippen LogP contribution in [0.25, 0.3) is 0 Å². The largest absolute Gasteiger partial charge is 0.481 e. The monoisotopic (exact) mass is 356 g/mol. The quantitative estimate of drug-likeness (QED) is 0.413. The lowest BCUT2D eigenvalue weighted by molar-refractivity contribution is -0.137. The molecule has 0 aliphatic rings. The highest BCUT2D eigenvalue weighted by Gasteiger charge is 1.98. The van der Waals surface area contributed by atoms with Gasteiger partial charge in [0.1, 0.15) is 0 Å². The molecule has 0 saturated heterocycles. The van der Waals surface area contributed by atoms with Crippen LogP contribution in [0.15, 0.2) is 0 Å². The molecule has 0 rings (SSSR count). The van der Waals surface area contributed by atoms with Crippen molar-refractivity contribution in [2.24, 2.45) is 0 Å². The van der Waals surface area contributed by atoms with Crippen molar-refractivity contribution in [2.75, 3.05) is 0 Å². The second-order valence-corrected chi connectivity index (χ2v) is 7.59. The molecular weight excluding hydrogens is 336 g/mol. The van der Waals surface area contributed by atoms with E-state index in [4.69, 9.17) is 5.11 Å². The first-order chi connectivity index (χ1) is 7.63. The van der Waals surface area contributed by atoms with Crippen molar-refractivity contribution in [3.05, 3.63) is 0 Å². The van der Waals surface area contributed by atoms with E-state index in [1.807, 2.05) is 0 Å². The molecular formula is C12H22Br2O2. The van der Waals surface area contributed by atoms with Gasteiger partial charge in [-0.3, -0.25) is 4.79 Å². The van der Waals surface area contributed by atoms with Crippen LogP contribution in [0.1, 0.15) is 64.2 Å². The molecule has 96 valence electrons. The topological polar surface area (TPSA) is 37.3 Å². The van der Waals surface area contributed by atoms with E-state index in [-0.39, 0.29) is 0 Å². The van der Waals surface area contributed by atoms with Gasteiger partial charge in [-0.1, -0.05) is 76.8 Å². The minimum Gasteiger partial charge on any atom is -0.481 e. The fraction of sp³-hybridized carbons (Fsp3) is 0.917. The summed E-state index contributed by atoms with van der Waals surface area (Å²) in [5.74, 6) is -0.668. The lowest BCUT2D eigenvalue weighted by atomic mass is 10.1. The Kier molecular flexibility index (Phi) is 12.2. The summed E-state index contributed by atoms with van der Waals surface area (Å²) in [6.07, 6.45) is 11.1. The first-order valence-corrected chi connectivity index (χ1v) is 7.96. The molecule has 0 radical (unpaired) electrons. The van der Waals surface area contributed by atoms with Gasteiger partial charge in [0.05, 0.1) is 3.74 Å². The molecule has 0 saturated carbocycles. The van der Waals surface area contributed by atoms with Crippen LogP contribution in [-0.4, -0.2) is 14.8 Å². The fourth-order valence-corrected chi connectivity index (χ4v) is 2.28. The number of hydrogen-bond donors (Lipinski definition) is 1. The molecule has 0 aromatic carbocycles. The zero-order chi connectivity index (χ0) is 12.2. The molecule has 1 N–H and O–H groups in total.